The van der Waals surface area contributed by atoms with Gasteiger partial charge in [0.25, 0.3) is 0 Å². The Morgan fingerprint density at radius 3 is 1.90 bits per heavy atom. The van der Waals surface area contributed by atoms with Crippen molar-refractivity contribution in [2.75, 3.05) is 14.2 Å². The molecule has 2 rings (SSSR count). The van der Waals surface area contributed by atoms with Crippen molar-refractivity contribution in [3.63, 3.8) is 0 Å². The van der Waals surface area contributed by atoms with Crippen molar-refractivity contribution >= 4 is 54.8 Å². The molecule has 0 fully saturated rings. The van der Waals surface area contributed by atoms with E-state index in [0.717, 1.165) is 38.5 Å². The minimum atomic E-state index is -4.61. The van der Waals surface area contributed by atoms with Gasteiger partial charge < -0.3 is 9.47 Å². The third-order valence-corrected chi connectivity index (χ3v) is 8.34. The summed E-state index contributed by atoms with van der Waals surface area (Å²) in [5.41, 5.74) is -0.331. The molecule has 0 saturated carbocycles. The zero-order valence-electron chi connectivity index (χ0n) is 14.9. The van der Waals surface area contributed by atoms with E-state index in [1.165, 1.54) is 12.1 Å². The molecule has 0 spiro atoms. The topological polar surface area (TPSA) is 121 Å². The van der Waals surface area contributed by atoms with Gasteiger partial charge in [-0.05, 0) is 36.4 Å². The summed E-state index contributed by atoms with van der Waals surface area (Å²) in [6.07, 6.45) is 0. The molecule has 2 aromatic carbocycles. The number of hydrogen-bond acceptors (Lipinski definition) is 8. The van der Waals surface area contributed by atoms with Gasteiger partial charge in [-0.25, -0.2) is 9.59 Å². The third kappa shape index (κ3) is 4.89. The van der Waals surface area contributed by atoms with Crippen LogP contribution in [0.15, 0.2) is 46.2 Å². The first-order valence-corrected chi connectivity index (χ1v) is 11.4. The molecule has 0 aliphatic heterocycles. The van der Waals surface area contributed by atoms with Crippen LogP contribution in [-0.2, 0) is 29.1 Å². The Labute approximate surface area is 177 Å². The second kappa shape index (κ2) is 8.70. The molecule has 0 aromatic heterocycles. The second-order valence-electron chi connectivity index (χ2n) is 5.43. The van der Waals surface area contributed by atoms with Crippen molar-refractivity contribution < 1.29 is 35.9 Å². The van der Waals surface area contributed by atoms with Crippen LogP contribution in [-0.4, -0.2) is 43.0 Å². The number of sulfone groups is 2. The van der Waals surface area contributed by atoms with E-state index < -0.39 is 47.1 Å². The van der Waals surface area contributed by atoms with Crippen molar-refractivity contribution in [1.29, 1.82) is 0 Å². The smallest absolute Gasteiger partial charge is 0.340 e. The summed E-state index contributed by atoms with van der Waals surface area (Å²) in [7, 11) is -6.86. The maximum absolute atomic E-state index is 12.6. The summed E-state index contributed by atoms with van der Waals surface area (Å²) >= 11 is 11.8. The first-order chi connectivity index (χ1) is 13.4. The first-order valence-electron chi connectivity index (χ1n) is 7.54. The zero-order chi connectivity index (χ0) is 22.0. The van der Waals surface area contributed by atoms with Gasteiger partial charge in [0.2, 0.25) is 0 Å². The van der Waals surface area contributed by atoms with Gasteiger partial charge >= 0.3 is 11.9 Å². The van der Waals surface area contributed by atoms with Crippen LogP contribution in [0.5, 0.6) is 0 Å². The highest BCUT2D eigenvalue weighted by atomic mass is 35.5. The van der Waals surface area contributed by atoms with Crippen LogP contribution < -0.4 is 0 Å². The number of halogens is 2. The number of rotatable bonds is 6. The van der Waals surface area contributed by atoms with Crippen molar-refractivity contribution in [3.8, 4) is 0 Å². The normalized spacial score (nSPS) is 11.7. The second-order valence-corrected chi connectivity index (χ2v) is 10.1. The summed E-state index contributed by atoms with van der Waals surface area (Å²) in [5, 5.41) is -0.637. The zero-order valence-corrected chi connectivity index (χ0v) is 18.0. The fraction of sp³-hybridized carbons (Fsp3) is 0.118. The molecule has 8 nitrogen and oxygen atoms in total. The van der Waals surface area contributed by atoms with E-state index in [0.29, 0.717) is 0 Å². The van der Waals surface area contributed by atoms with Crippen molar-refractivity contribution in [2.45, 2.75) is 9.79 Å². The largest absolute Gasteiger partial charge is 0.465 e. The average Bonchev–Trinajstić information content (AvgIpc) is 2.66. The van der Waals surface area contributed by atoms with E-state index in [-0.39, 0.29) is 20.6 Å². The van der Waals surface area contributed by atoms with Gasteiger partial charge in [-0.2, -0.15) is 0 Å². The maximum atomic E-state index is 12.6. The lowest BCUT2D eigenvalue weighted by Gasteiger charge is -2.18. The molecule has 0 radical (unpaired) electrons. The molecule has 156 valence electrons. The first kappa shape index (κ1) is 23.1. The summed E-state index contributed by atoms with van der Waals surface area (Å²) in [4.78, 5) is 22.2. The van der Waals surface area contributed by atoms with Crippen LogP contribution in [0, 0.1) is 5.08 Å². The molecule has 0 unspecified atom stereocenters. The number of esters is 2. The molecule has 0 saturated heterocycles. The van der Waals surface area contributed by atoms with Crippen LogP contribution in [0.4, 0.5) is 0 Å². The van der Waals surface area contributed by atoms with E-state index in [9.17, 15) is 26.4 Å². The predicted octanol–water partition coefficient (Wildman–Crippen LogP) is 2.93. The molecular weight excluding hydrogens is 467 g/mol. The molecule has 2 aromatic rings. The maximum Gasteiger partial charge on any atom is 0.340 e. The fourth-order valence-corrected chi connectivity index (χ4v) is 6.38. The third-order valence-electron chi connectivity index (χ3n) is 3.61. The lowest BCUT2D eigenvalue weighted by atomic mass is 10.2. The van der Waals surface area contributed by atoms with Crippen LogP contribution in [0.25, 0.3) is 0 Å². The van der Waals surface area contributed by atoms with Gasteiger partial charge in [0.05, 0.1) is 60.0 Å². The van der Waals surface area contributed by atoms with Gasteiger partial charge in [0.1, 0.15) is 0 Å². The Kier molecular flexibility index (Phi) is 6.94. The molecule has 0 amide bonds. The monoisotopic (exact) mass is 479 g/mol. The van der Waals surface area contributed by atoms with E-state index in [2.05, 4.69) is 9.47 Å². The van der Waals surface area contributed by atoms with Crippen LogP contribution in [0.2, 0.25) is 10.0 Å². The van der Waals surface area contributed by atoms with Gasteiger partial charge in [-0.3, -0.25) is 16.8 Å². The Morgan fingerprint density at radius 1 is 0.828 bits per heavy atom. The highest BCUT2D eigenvalue weighted by Crippen LogP contribution is 2.34. The summed E-state index contributed by atoms with van der Waals surface area (Å²) < 4.78 is 59.3. The summed E-state index contributed by atoms with van der Waals surface area (Å²) in [5.74, 6) is -1.67. The van der Waals surface area contributed by atoms with Crippen molar-refractivity contribution in [2.24, 2.45) is 0 Å². The highest BCUT2D eigenvalue weighted by Gasteiger charge is 2.24. The van der Waals surface area contributed by atoms with E-state index in [1.54, 1.807) is 0 Å². The Morgan fingerprint density at radius 2 is 1.38 bits per heavy atom. The molecule has 0 aliphatic rings. The molecule has 0 aliphatic carbocycles. The fourth-order valence-electron chi connectivity index (χ4n) is 2.22. The Balaban J connectivity index is 2.45. The molecule has 0 bridgehead atoms. The van der Waals surface area contributed by atoms with Gasteiger partial charge in [-0.15, -0.1) is 0 Å². The van der Waals surface area contributed by atoms with E-state index in [1.807, 2.05) is 0 Å². The van der Waals surface area contributed by atoms with Crippen molar-refractivity contribution in [3.05, 3.63) is 62.7 Å². The average molecular weight is 480 g/mol. The van der Waals surface area contributed by atoms with Crippen LogP contribution >= 0.6 is 23.2 Å². The lowest BCUT2D eigenvalue weighted by Crippen LogP contribution is -2.14. The predicted molar refractivity (Wildman–Crippen MR) is 104 cm³/mol. The molecule has 29 heavy (non-hydrogen) atoms. The summed E-state index contributed by atoms with van der Waals surface area (Å²) in [6, 6.07) is 6.50. The molecule has 0 N–H and O–H groups in total. The molecular formula is C17H13Cl2O8S2-. The van der Waals surface area contributed by atoms with E-state index >= 15 is 0 Å². The van der Waals surface area contributed by atoms with Crippen molar-refractivity contribution in [1.82, 2.24) is 0 Å². The number of carbonyl (C=O) groups is 2. The molecule has 0 atom stereocenters. The quantitative estimate of drug-likeness (QED) is 0.457. The minimum Gasteiger partial charge on any atom is -0.465 e. The molecule has 0 heterocycles. The SMILES string of the molecule is COC(=O)c1ccc(S(=O)(=O)[CH-]S(=O)(=O)c2ccc(Cl)c(C(=O)OC)c2Cl)cc1. The standard InChI is InChI=1S/C17H13Cl2O8S2/c1-26-16(20)10-3-5-11(6-4-10)28(22,23)9-29(24,25)13-8-7-12(18)14(15(13)19)17(21)27-2/h3-9H,1-2H3/q-1. The van der Waals surface area contributed by atoms with E-state index in [4.69, 9.17) is 23.2 Å². The highest BCUT2D eigenvalue weighted by molar-refractivity contribution is 8.11. The Hall–Kier alpha value is -2.14. The number of carbonyl (C=O) groups excluding carboxylic acids is 2. The van der Waals surface area contributed by atoms with Gasteiger partial charge in [0, 0.05) is 4.90 Å². The molecule has 12 heteroatoms. The number of methoxy groups -OCH3 is 2. The van der Waals surface area contributed by atoms with Gasteiger partial charge in [0.15, 0.2) is 0 Å². The number of ether oxygens (including phenoxy) is 2. The van der Waals surface area contributed by atoms with Crippen LogP contribution in [0.3, 0.4) is 0 Å². The lowest BCUT2D eigenvalue weighted by molar-refractivity contribution is 0.0592. The Bertz CT molecular complexity index is 1170. The minimum absolute atomic E-state index is 0.0813. The van der Waals surface area contributed by atoms with Crippen LogP contribution in [0.1, 0.15) is 20.7 Å². The summed E-state index contributed by atoms with van der Waals surface area (Å²) in [6.45, 7) is 0. The number of hydrogen-bond donors (Lipinski definition) is 0. The number of benzene rings is 2. The van der Waals surface area contributed by atoms with Gasteiger partial charge in [-0.1, -0.05) is 28.3 Å².